The number of nitrogen functional groups attached to an aromatic ring is 1. The minimum absolute atomic E-state index is 0.190. The van der Waals surface area contributed by atoms with Crippen LogP contribution in [0.25, 0.3) is 0 Å². The maximum atomic E-state index is 13.2. The molecule has 0 radical (unpaired) electrons. The van der Waals surface area contributed by atoms with Gasteiger partial charge >= 0.3 is 0 Å². The molecule has 5 nitrogen and oxygen atoms in total. The van der Waals surface area contributed by atoms with Gasteiger partial charge in [-0.2, -0.15) is 0 Å². The first-order chi connectivity index (χ1) is 6.83. The lowest BCUT2D eigenvalue weighted by Crippen LogP contribution is -2.36. The van der Waals surface area contributed by atoms with Crippen molar-refractivity contribution in [3.63, 3.8) is 0 Å². The lowest BCUT2D eigenvalue weighted by Gasteiger charge is -2.13. The van der Waals surface area contributed by atoms with Gasteiger partial charge in [-0.05, 0) is 18.2 Å². The molecule has 1 aromatic rings. The monoisotopic (exact) mass is 233 g/mol. The Bertz CT molecular complexity index is 459. The van der Waals surface area contributed by atoms with Crippen molar-refractivity contribution in [2.75, 3.05) is 19.8 Å². The van der Waals surface area contributed by atoms with Gasteiger partial charge in [0, 0.05) is 19.8 Å². The first-order valence-electron chi connectivity index (χ1n) is 4.08. The maximum absolute atomic E-state index is 13.2. The second kappa shape index (κ2) is 4.13. The predicted octanol–water partition coefficient (Wildman–Crippen LogP) is 0.163. The van der Waals surface area contributed by atoms with Crippen LogP contribution in [0, 0.1) is 5.82 Å². The highest BCUT2D eigenvalue weighted by Crippen LogP contribution is 2.17. The van der Waals surface area contributed by atoms with Gasteiger partial charge in [0.05, 0.1) is 0 Å². The Morgan fingerprint density at radius 1 is 1.40 bits per heavy atom. The quantitative estimate of drug-likeness (QED) is 0.576. The van der Waals surface area contributed by atoms with Crippen molar-refractivity contribution < 1.29 is 12.8 Å². The van der Waals surface area contributed by atoms with E-state index in [9.17, 15) is 12.8 Å². The molecule has 0 amide bonds. The molecule has 3 N–H and O–H groups in total. The van der Waals surface area contributed by atoms with Crippen molar-refractivity contribution >= 4 is 15.7 Å². The number of benzene rings is 1. The van der Waals surface area contributed by atoms with E-state index in [0.29, 0.717) is 0 Å². The number of hydrogen-bond donors (Lipinski definition) is 2. The Balaban J connectivity index is 3.21. The first kappa shape index (κ1) is 11.9. The van der Waals surface area contributed by atoms with Gasteiger partial charge in [0.2, 0.25) is 0 Å². The standard InChI is InChI=1S/C8H12FN3O2S/c1-12(2)11-15(13,14)8-5-6(10)3-4-7(8)9/h3-5,11H,10H2,1-2H3. The normalized spacial score (nSPS) is 12.0. The molecule has 0 fully saturated rings. The number of nitrogens with two attached hydrogens (primary N) is 1. The van der Waals surface area contributed by atoms with E-state index in [1.807, 2.05) is 0 Å². The minimum Gasteiger partial charge on any atom is -0.399 e. The fourth-order valence-electron chi connectivity index (χ4n) is 1.02. The number of sulfonamides is 1. The first-order valence-corrected chi connectivity index (χ1v) is 5.56. The van der Waals surface area contributed by atoms with Crippen LogP contribution in [0.4, 0.5) is 10.1 Å². The molecule has 0 atom stereocenters. The van der Waals surface area contributed by atoms with Crippen LogP contribution in [0.15, 0.2) is 23.1 Å². The third kappa shape index (κ3) is 2.88. The summed E-state index contributed by atoms with van der Waals surface area (Å²) >= 11 is 0. The van der Waals surface area contributed by atoms with Crippen LogP contribution in [0.2, 0.25) is 0 Å². The molecule has 15 heavy (non-hydrogen) atoms. The van der Waals surface area contributed by atoms with Gasteiger partial charge in [-0.1, -0.05) is 0 Å². The van der Waals surface area contributed by atoms with Gasteiger partial charge in [-0.25, -0.2) is 17.8 Å². The molecular weight excluding hydrogens is 221 g/mol. The SMILES string of the molecule is CN(C)NS(=O)(=O)c1cc(N)ccc1F. The summed E-state index contributed by atoms with van der Waals surface area (Å²) in [5, 5.41) is 1.21. The van der Waals surface area contributed by atoms with Crippen molar-refractivity contribution in [1.29, 1.82) is 0 Å². The summed E-state index contributed by atoms with van der Waals surface area (Å²) in [6.07, 6.45) is 0. The van der Waals surface area contributed by atoms with Gasteiger partial charge in [-0.15, -0.1) is 4.83 Å². The molecule has 84 valence electrons. The zero-order chi connectivity index (χ0) is 11.6. The average Bonchev–Trinajstić information content (AvgIpc) is 2.06. The number of hydrazine groups is 1. The third-order valence-corrected chi connectivity index (χ3v) is 3.04. The molecule has 1 aromatic carbocycles. The van der Waals surface area contributed by atoms with Gasteiger partial charge in [0.25, 0.3) is 10.0 Å². The lowest BCUT2D eigenvalue weighted by molar-refractivity contribution is 0.363. The molecule has 0 saturated heterocycles. The van der Waals surface area contributed by atoms with Gasteiger partial charge in [0.15, 0.2) is 0 Å². The molecule has 1 rings (SSSR count). The minimum atomic E-state index is -3.89. The molecule has 0 unspecified atom stereocenters. The van der Waals surface area contributed by atoms with E-state index >= 15 is 0 Å². The zero-order valence-electron chi connectivity index (χ0n) is 8.36. The fraction of sp³-hybridized carbons (Fsp3) is 0.250. The van der Waals surface area contributed by atoms with E-state index in [-0.39, 0.29) is 5.69 Å². The summed E-state index contributed by atoms with van der Waals surface area (Å²) in [5.74, 6) is -0.835. The molecule has 0 aromatic heterocycles. The molecule has 7 heteroatoms. The van der Waals surface area contributed by atoms with Crippen LogP contribution in [0.1, 0.15) is 0 Å². The van der Waals surface area contributed by atoms with Crippen LogP contribution in [0.5, 0.6) is 0 Å². The van der Waals surface area contributed by atoms with E-state index < -0.39 is 20.7 Å². The predicted molar refractivity (Wildman–Crippen MR) is 54.8 cm³/mol. The Hall–Kier alpha value is -1.18. The molecule has 0 aliphatic rings. The third-order valence-electron chi connectivity index (χ3n) is 1.55. The highest BCUT2D eigenvalue weighted by Gasteiger charge is 2.19. The second-order valence-corrected chi connectivity index (χ2v) is 4.81. The molecule has 0 aliphatic carbocycles. The molecule has 0 saturated carbocycles. The van der Waals surface area contributed by atoms with E-state index in [1.54, 1.807) is 0 Å². The van der Waals surface area contributed by atoms with E-state index in [0.717, 1.165) is 12.1 Å². The fourth-order valence-corrected chi connectivity index (χ4v) is 2.21. The Labute approximate surface area is 87.7 Å². The molecule has 0 bridgehead atoms. The summed E-state index contributed by atoms with van der Waals surface area (Å²) in [7, 11) is -0.916. The maximum Gasteiger partial charge on any atom is 0.256 e. The topological polar surface area (TPSA) is 75.4 Å². The summed E-state index contributed by atoms with van der Waals surface area (Å²) in [5.41, 5.74) is 5.57. The largest absolute Gasteiger partial charge is 0.399 e. The van der Waals surface area contributed by atoms with Crippen LogP contribution < -0.4 is 10.6 Å². The average molecular weight is 233 g/mol. The van der Waals surface area contributed by atoms with E-state index in [4.69, 9.17) is 5.73 Å². The van der Waals surface area contributed by atoms with E-state index in [1.165, 1.54) is 25.2 Å². The van der Waals surface area contributed by atoms with Crippen molar-refractivity contribution in [3.8, 4) is 0 Å². The van der Waals surface area contributed by atoms with Crippen LogP contribution >= 0.6 is 0 Å². The summed E-state index contributed by atoms with van der Waals surface area (Å²) in [4.78, 5) is 1.65. The number of anilines is 1. The second-order valence-electron chi connectivity index (χ2n) is 3.18. The van der Waals surface area contributed by atoms with Crippen molar-refractivity contribution in [2.24, 2.45) is 0 Å². The van der Waals surface area contributed by atoms with Crippen molar-refractivity contribution in [2.45, 2.75) is 4.90 Å². The Kier molecular flexibility index (Phi) is 3.28. The Morgan fingerprint density at radius 2 is 2.00 bits per heavy atom. The highest BCUT2D eigenvalue weighted by molar-refractivity contribution is 7.89. The molecule has 0 aliphatic heterocycles. The highest BCUT2D eigenvalue weighted by atomic mass is 32.2. The molecule has 0 spiro atoms. The van der Waals surface area contributed by atoms with Crippen molar-refractivity contribution in [1.82, 2.24) is 9.84 Å². The molecular formula is C8H12FN3O2S. The Morgan fingerprint density at radius 3 is 2.53 bits per heavy atom. The number of halogens is 1. The lowest BCUT2D eigenvalue weighted by atomic mass is 10.3. The van der Waals surface area contributed by atoms with E-state index in [2.05, 4.69) is 4.83 Å². The van der Waals surface area contributed by atoms with Crippen LogP contribution in [-0.2, 0) is 10.0 Å². The summed E-state index contributed by atoms with van der Waals surface area (Å²) in [6, 6.07) is 3.38. The van der Waals surface area contributed by atoms with Gasteiger partial charge in [-0.3, -0.25) is 0 Å². The van der Waals surface area contributed by atoms with Crippen LogP contribution in [0.3, 0.4) is 0 Å². The number of rotatable bonds is 3. The number of nitrogens with zero attached hydrogens (tertiary/aromatic N) is 1. The smallest absolute Gasteiger partial charge is 0.256 e. The summed E-state index contributed by atoms with van der Waals surface area (Å²) in [6.45, 7) is 0. The van der Waals surface area contributed by atoms with Gasteiger partial charge in [0.1, 0.15) is 10.7 Å². The summed E-state index contributed by atoms with van der Waals surface area (Å²) < 4.78 is 36.4. The van der Waals surface area contributed by atoms with Gasteiger partial charge < -0.3 is 5.73 Å². The number of nitrogens with one attached hydrogen (secondary N) is 1. The molecule has 0 heterocycles. The van der Waals surface area contributed by atoms with Crippen molar-refractivity contribution in [3.05, 3.63) is 24.0 Å². The zero-order valence-corrected chi connectivity index (χ0v) is 9.18. The van der Waals surface area contributed by atoms with Crippen LogP contribution in [-0.4, -0.2) is 27.5 Å². The number of hydrogen-bond acceptors (Lipinski definition) is 4.